The number of rotatable bonds is 5. The van der Waals surface area contributed by atoms with Gasteiger partial charge in [0.25, 0.3) is 5.89 Å². The van der Waals surface area contributed by atoms with Crippen molar-refractivity contribution < 1.29 is 9.15 Å². The van der Waals surface area contributed by atoms with Crippen LogP contribution in [0.15, 0.2) is 22.9 Å². The Morgan fingerprint density at radius 1 is 1.44 bits per heavy atom. The first-order chi connectivity index (χ1) is 8.80. The van der Waals surface area contributed by atoms with E-state index in [1.165, 1.54) is 0 Å². The van der Waals surface area contributed by atoms with E-state index in [0.717, 1.165) is 12.0 Å². The molecule has 1 N–H and O–H groups in total. The molecule has 0 radical (unpaired) electrons. The first kappa shape index (κ1) is 12.5. The molecule has 6 nitrogen and oxygen atoms in total. The second-order valence-corrected chi connectivity index (χ2v) is 3.77. The summed E-state index contributed by atoms with van der Waals surface area (Å²) in [4.78, 5) is 3.99. The third-order valence-corrected chi connectivity index (χ3v) is 2.73. The quantitative estimate of drug-likeness (QED) is 0.870. The van der Waals surface area contributed by atoms with Crippen LogP contribution in [0.25, 0.3) is 11.5 Å². The number of nitrogens with one attached hydrogen (secondary N) is 1. The van der Waals surface area contributed by atoms with E-state index >= 15 is 0 Å². The molecular formula is C12H16N4O2. The summed E-state index contributed by atoms with van der Waals surface area (Å²) in [5.41, 5.74) is 0.747. The highest BCUT2D eigenvalue weighted by molar-refractivity contribution is 5.60. The van der Waals surface area contributed by atoms with Gasteiger partial charge in [-0.1, -0.05) is 6.92 Å². The fraction of sp³-hybridized carbons (Fsp3) is 0.417. The fourth-order valence-corrected chi connectivity index (χ4v) is 1.71. The van der Waals surface area contributed by atoms with Crippen molar-refractivity contribution in [3.63, 3.8) is 0 Å². The Bertz CT molecular complexity index is 508. The average molecular weight is 248 g/mol. The lowest BCUT2D eigenvalue weighted by atomic mass is 10.2. The van der Waals surface area contributed by atoms with Crippen LogP contribution < -0.4 is 10.1 Å². The van der Waals surface area contributed by atoms with Crippen molar-refractivity contribution in [3.8, 4) is 17.2 Å². The van der Waals surface area contributed by atoms with Gasteiger partial charge in [-0.2, -0.15) is 0 Å². The number of hydrogen-bond donors (Lipinski definition) is 1. The van der Waals surface area contributed by atoms with Gasteiger partial charge in [-0.05, 0) is 19.5 Å². The summed E-state index contributed by atoms with van der Waals surface area (Å²) < 4.78 is 10.9. The summed E-state index contributed by atoms with van der Waals surface area (Å²) in [6.45, 7) is 2.05. The van der Waals surface area contributed by atoms with Crippen LogP contribution in [-0.2, 0) is 0 Å². The molecule has 0 bridgehead atoms. The molecule has 2 aromatic rings. The number of pyridine rings is 1. The van der Waals surface area contributed by atoms with Gasteiger partial charge in [-0.15, -0.1) is 10.2 Å². The van der Waals surface area contributed by atoms with Crippen LogP contribution >= 0.6 is 0 Å². The summed E-state index contributed by atoms with van der Waals surface area (Å²) in [6.07, 6.45) is 4.16. The highest BCUT2D eigenvalue weighted by Crippen LogP contribution is 2.28. The minimum absolute atomic E-state index is 0.0686. The molecule has 6 heteroatoms. The lowest BCUT2D eigenvalue weighted by molar-refractivity contribution is 0.402. The van der Waals surface area contributed by atoms with Crippen LogP contribution in [0, 0.1) is 0 Å². The summed E-state index contributed by atoms with van der Waals surface area (Å²) in [5, 5.41) is 11.2. The zero-order valence-corrected chi connectivity index (χ0v) is 10.7. The predicted octanol–water partition coefficient (Wildman–Crippen LogP) is 1.81. The Labute approximate surface area is 105 Å². The minimum Gasteiger partial charge on any atom is -0.494 e. The van der Waals surface area contributed by atoms with Crippen LogP contribution in [0.4, 0.5) is 0 Å². The second kappa shape index (κ2) is 5.59. The van der Waals surface area contributed by atoms with E-state index in [1.807, 2.05) is 7.05 Å². The molecule has 1 atom stereocenters. The van der Waals surface area contributed by atoms with Gasteiger partial charge in [0.15, 0.2) is 0 Å². The van der Waals surface area contributed by atoms with Crippen molar-refractivity contribution in [3.05, 3.63) is 24.4 Å². The molecule has 0 aliphatic carbocycles. The van der Waals surface area contributed by atoms with Gasteiger partial charge in [0.2, 0.25) is 5.89 Å². The number of aromatic nitrogens is 3. The monoisotopic (exact) mass is 248 g/mol. The van der Waals surface area contributed by atoms with Crippen molar-refractivity contribution in [2.45, 2.75) is 19.4 Å². The average Bonchev–Trinajstić information content (AvgIpc) is 2.89. The van der Waals surface area contributed by atoms with Crippen LogP contribution in [0.1, 0.15) is 25.3 Å². The lowest BCUT2D eigenvalue weighted by Crippen LogP contribution is -2.15. The van der Waals surface area contributed by atoms with Crippen molar-refractivity contribution >= 4 is 0 Å². The molecule has 1 unspecified atom stereocenters. The van der Waals surface area contributed by atoms with Crippen molar-refractivity contribution in [2.75, 3.05) is 14.2 Å². The highest BCUT2D eigenvalue weighted by atomic mass is 16.5. The molecule has 96 valence electrons. The van der Waals surface area contributed by atoms with E-state index in [4.69, 9.17) is 9.15 Å². The molecule has 2 rings (SSSR count). The third-order valence-electron chi connectivity index (χ3n) is 2.73. The highest BCUT2D eigenvalue weighted by Gasteiger charge is 2.17. The van der Waals surface area contributed by atoms with Gasteiger partial charge in [0, 0.05) is 6.20 Å². The first-order valence-electron chi connectivity index (χ1n) is 5.79. The molecule has 0 spiro atoms. The molecule has 0 fully saturated rings. The lowest BCUT2D eigenvalue weighted by Gasteiger charge is -2.07. The first-order valence-corrected chi connectivity index (χ1v) is 5.79. The zero-order valence-electron chi connectivity index (χ0n) is 10.7. The van der Waals surface area contributed by atoms with E-state index in [1.54, 1.807) is 25.6 Å². The van der Waals surface area contributed by atoms with E-state index in [0.29, 0.717) is 17.5 Å². The third kappa shape index (κ3) is 2.33. The topological polar surface area (TPSA) is 73.1 Å². The SMILES string of the molecule is CCC(NC)c1nnc(-c2ccncc2OC)o1. The van der Waals surface area contributed by atoms with Gasteiger partial charge in [0.1, 0.15) is 5.75 Å². The molecule has 0 amide bonds. The summed E-state index contributed by atoms with van der Waals surface area (Å²) in [5.74, 6) is 1.64. The molecule has 0 aliphatic heterocycles. The maximum atomic E-state index is 5.66. The predicted molar refractivity (Wildman–Crippen MR) is 66.2 cm³/mol. The second-order valence-electron chi connectivity index (χ2n) is 3.77. The molecule has 0 saturated heterocycles. The van der Waals surface area contributed by atoms with Crippen LogP contribution in [-0.4, -0.2) is 29.3 Å². The van der Waals surface area contributed by atoms with Crippen LogP contribution in [0.2, 0.25) is 0 Å². The Morgan fingerprint density at radius 2 is 2.28 bits per heavy atom. The number of hydrogen-bond acceptors (Lipinski definition) is 6. The van der Waals surface area contributed by atoms with Crippen molar-refractivity contribution in [2.24, 2.45) is 0 Å². The number of ether oxygens (including phenoxy) is 1. The normalized spacial score (nSPS) is 12.4. The van der Waals surface area contributed by atoms with Gasteiger partial charge >= 0.3 is 0 Å². The van der Waals surface area contributed by atoms with Gasteiger partial charge in [-0.3, -0.25) is 4.98 Å². The number of nitrogens with zero attached hydrogens (tertiary/aromatic N) is 3. The van der Waals surface area contributed by atoms with E-state index in [2.05, 4.69) is 27.4 Å². The molecule has 2 aromatic heterocycles. The molecule has 18 heavy (non-hydrogen) atoms. The van der Waals surface area contributed by atoms with Gasteiger partial charge < -0.3 is 14.5 Å². The molecule has 0 saturated carbocycles. The van der Waals surface area contributed by atoms with Crippen molar-refractivity contribution in [1.82, 2.24) is 20.5 Å². The van der Waals surface area contributed by atoms with Gasteiger partial charge in [-0.25, -0.2) is 0 Å². The Hall–Kier alpha value is -1.95. The maximum Gasteiger partial charge on any atom is 0.251 e. The van der Waals surface area contributed by atoms with Crippen LogP contribution in [0.5, 0.6) is 5.75 Å². The summed E-state index contributed by atoms with van der Waals surface area (Å²) >= 11 is 0. The van der Waals surface area contributed by atoms with Gasteiger partial charge in [0.05, 0.1) is 24.9 Å². The largest absolute Gasteiger partial charge is 0.494 e. The Kier molecular flexibility index (Phi) is 3.88. The van der Waals surface area contributed by atoms with E-state index < -0.39 is 0 Å². The molecule has 2 heterocycles. The number of methoxy groups -OCH3 is 1. The molecule has 0 aromatic carbocycles. The maximum absolute atomic E-state index is 5.66. The fourth-order valence-electron chi connectivity index (χ4n) is 1.71. The summed E-state index contributed by atoms with van der Waals surface area (Å²) in [7, 11) is 3.45. The molecular weight excluding hydrogens is 232 g/mol. The Morgan fingerprint density at radius 3 is 2.94 bits per heavy atom. The Balaban J connectivity index is 2.34. The van der Waals surface area contributed by atoms with Crippen molar-refractivity contribution in [1.29, 1.82) is 0 Å². The van der Waals surface area contributed by atoms with E-state index in [9.17, 15) is 0 Å². The zero-order chi connectivity index (χ0) is 13.0. The standard InChI is InChI=1S/C12H16N4O2/c1-4-9(13-2)12-16-15-11(18-12)8-5-6-14-7-10(8)17-3/h5-7,9,13H,4H2,1-3H3. The van der Waals surface area contributed by atoms with Crippen LogP contribution in [0.3, 0.4) is 0 Å². The minimum atomic E-state index is 0.0686. The summed E-state index contributed by atoms with van der Waals surface area (Å²) in [6, 6.07) is 1.86. The van der Waals surface area contributed by atoms with E-state index in [-0.39, 0.29) is 6.04 Å². The molecule has 0 aliphatic rings. The smallest absolute Gasteiger partial charge is 0.251 e.